The highest BCUT2D eigenvalue weighted by Gasteiger charge is 2.14. The normalized spacial score (nSPS) is 12.5. The van der Waals surface area contributed by atoms with Gasteiger partial charge in [-0.2, -0.15) is 0 Å². The van der Waals surface area contributed by atoms with Crippen LogP contribution in [0.5, 0.6) is 17.2 Å². The van der Waals surface area contributed by atoms with Crippen LogP contribution >= 0.6 is 0 Å². The second kappa shape index (κ2) is 21.2. The van der Waals surface area contributed by atoms with Gasteiger partial charge in [-0.3, -0.25) is 0 Å². The minimum Gasteiger partial charge on any atom is -0.468 e. The lowest BCUT2D eigenvalue weighted by Gasteiger charge is -2.15. The summed E-state index contributed by atoms with van der Waals surface area (Å²) >= 11 is 0. The molecule has 0 N–H and O–H groups in total. The molecule has 4 rings (SSSR count). The van der Waals surface area contributed by atoms with Crippen molar-refractivity contribution < 1.29 is 57.0 Å². The van der Waals surface area contributed by atoms with Crippen LogP contribution in [0.25, 0.3) is 0 Å². The highest BCUT2D eigenvalue weighted by atomic mass is 16.7. The molecule has 4 aromatic carbocycles. The first-order valence-corrected chi connectivity index (χ1v) is 17.1. The van der Waals surface area contributed by atoms with Crippen molar-refractivity contribution in [1.29, 1.82) is 0 Å². The third kappa shape index (κ3) is 14.6. The van der Waals surface area contributed by atoms with Crippen LogP contribution in [-0.4, -0.2) is 76.4 Å². The maximum Gasteiger partial charge on any atom is 0.338 e. The number of hydrogen-bond donors (Lipinski definition) is 0. The highest BCUT2D eigenvalue weighted by molar-refractivity contribution is 5.90. The predicted octanol–water partition coefficient (Wildman–Crippen LogP) is 7.10. The molecule has 0 heterocycles. The van der Waals surface area contributed by atoms with Crippen molar-refractivity contribution in [2.75, 3.05) is 40.2 Å². The van der Waals surface area contributed by atoms with Crippen LogP contribution in [0.15, 0.2) is 97.1 Å². The van der Waals surface area contributed by atoms with E-state index in [0.29, 0.717) is 33.9 Å². The molecule has 282 valence electrons. The molecule has 0 spiro atoms. The van der Waals surface area contributed by atoms with Gasteiger partial charge in [-0.25, -0.2) is 14.4 Å². The van der Waals surface area contributed by atoms with E-state index in [2.05, 4.69) is 0 Å². The SMILES string of the molecule is Cc1ccc(OCOC(C)COC(=O)c2ccc(OCOC(C)COC(=O)c3ccc(OCOC(C)COC(=O)c4ccc(C)cc4)cc3)cc2)cc1. The minimum atomic E-state index is -0.521. The Labute approximate surface area is 309 Å². The standard InChI is InChI=1S/C41H46O12/c1-28-6-10-33(11-7-28)39(42)45-22-30(3)49-26-52-37-18-14-35(15-19-37)41(44)47-24-32(5)50-27-53-38-20-12-34(13-21-38)40(43)46-23-31(4)48-25-51-36-16-8-29(2)9-17-36/h6-21,30-32H,22-27H2,1-5H3. The number of esters is 3. The van der Waals surface area contributed by atoms with Crippen molar-refractivity contribution in [3.8, 4) is 17.2 Å². The molecule has 0 saturated heterocycles. The topological polar surface area (TPSA) is 134 Å². The van der Waals surface area contributed by atoms with Gasteiger partial charge in [-0.05, 0) is 107 Å². The molecule has 0 aliphatic rings. The average Bonchev–Trinajstić information content (AvgIpc) is 3.16. The van der Waals surface area contributed by atoms with Crippen molar-refractivity contribution in [1.82, 2.24) is 0 Å². The maximum absolute atomic E-state index is 12.5. The second-order valence-corrected chi connectivity index (χ2v) is 12.2. The van der Waals surface area contributed by atoms with Gasteiger partial charge in [-0.15, -0.1) is 0 Å². The monoisotopic (exact) mass is 730 g/mol. The fourth-order valence-electron chi connectivity index (χ4n) is 4.33. The lowest BCUT2D eigenvalue weighted by atomic mass is 10.1. The van der Waals surface area contributed by atoms with Crippen LogP contribution in [-0.2, 0) is 28.4 Å². The maximum atomic E-state index is 12.5. The number of aryl methyl sites for hydroxylation is 2. The van der Waals surface area contributed by atoms with Crippen LogP contribution in [0, 0.1) is 13.8 Å². The van der Waals surface area contributed by atoms with E-state index in [0.717, 1.165) is 11.1 Å². The molecular formula is C41H46O12. The zero-order valence-corrected chi connectivity index (χ0v) is 30.6. The van der Waals surface area contributed by atoms with E-state index >= 15 is 0 Å². The Bertz CT molecular complexity index is 1700. The summed E-state index contributed by atoms with van der Waals surface area (Å²) in [7, 11) is 0. The molecular weight excluding hydrogens is 684 g/mol. The highest BCUT2D eigenvalue weighted by Crippen LogP contribution is 2.16. The van der Waals surface area contributed by atoms with Gasteiger partial charge in [0, 0.05) is 0 Å². The van der Waals surface area contributed by atoms with Gasteiger partial charge in [0.15, 0.2) is 20.4 Å². The fraction of sp³-hybridized carbons (Fsp3) is 0.341. The van der Waals surface area contributed by atoms with E-state index < -0.39 is 24.0 Å². The molecule has 3 atom stereocenters. The van der Waals surface area contributed by atoms with Crippen LogP contribution in [0.1, 0.15) is 63.0 Å². The fourth-order valence-corrected chi connectivity index (χ4v) is 4.33. The molecule has 0 fully saturated rings. The Kier molecular flexibility index (Phi) is 16.1. The quantitative estimate of drug-likeness (QED) is 0.0492. The second-order valence-electron chi connectivity index (χ2n) is 12.2. The van der Waals surface area contributed by atoms with Crippen molar-refractivity contribution in [2.45, 2.75) is 52.9 Å². The van der Waals surface area contributed by atoms with Crippen LogP contribution in [0.3, 0.4) is 0 Å². The van der Waals surface area contributed by atoms with Gasteiger partial charge in [0.05, 0.1) is 35.0 Å². The Morgan fingerprint density at radius 3 is 0.962 bits per heavy atom. The van der Waals surface area contributed by atoms with Gasteiger partial charge in [-0.1, -0.05) is 35.4 Å². The summed E-state index contributed by atoms with van der Waals surface area (Å²) < 4.78 is 49.4. The number of carbonyl (C=O) groups is 3. The number of benzene rings is 4. The summed E-state index contributed by atoms with van der Waals surface area (Å²) in [5.74, 6) is 0.241. The lowest BCUT2D eigenvalue weighted by Crippen LogP contribution is -2.21. The Balaban J connectivity index is 1.04. The Hall–Kier alpha value is -5.43. The van der Waals surface area contributed by atoms with E-state index in [4.69, 9.17) is 42.6 Å². The van der Waals surface area contributed by atoms with E-state index in [-0.39, 0.29) is 52.4 Å². The molecule has 0 aliphatic heterocycles. The first-order chi connectivity index (χ1) is 25.5. The molecule has 12 heteroatoms. The summed E-state index contributed by atoms with van der Waals surface area (Å²) in [5.41, 5.74) is 3.37. The molecule has 0 aromatic heterocycles. The van der Waals surface area contributed by atoms with E-state index in [1.165, 1.54) is 0 Å². The Morgan fingerprint density at radius 1 is 0.415 bits per heavy atom. The van der Waals surface area contributed by atoms with Gasteiger partial charge >= 0.3 is 17.9 Å². The van der Waals surface area contributed by atoms with Crippen LogP contribution in [0.4, 0.5) is 0 Å². The summed E-state index contributed by atoms with van der Waals surface area (Å²) in [6, 6.07) is 27.6. The summed E-state index contributed by atoms with van der Waals surface area (Å²) in [6.07, 6.45) is -1.19. The van der Waals surface area contributed by atoms with Crippen molar-refractivity contribution in [2.24, 2.45) is 0 Å². The van der Waals surface area contributed by atoms with Gasteiger partial charge in [0.1, 0.15) is 37.1 Å². The molecule has 0 aliphatic carbocycles. The van der Waals surface area contributed by atoms with E-state index in [1.807, 2.05) is 50.2 Å². The molecule has 0 saturated carbocycles. The minimum absolute atomic E-state index is 0.00561. The zero-order valence-electron chi connectivity index (χ0n) is 30.6. The third-order valence-electron chi connectivity index (χ3n) is 7.57. The van der Waals surface area contributed by atoms with Gasteiger partial charge in [0.25, 0.3) is 0 Å². The number of hydrogen-bond acceptors (Lipinski definition) is 12. The molecule has 4 aromatic rings. The molecule has 0 radical (unpaired) electrons. The van der Waals surface area contributed by atoms with Crippen molar-refractivity contribution in [3.05, 3.63) is 125 Å². The summed E-state index contributed by atoms with van der Waals surface area (Å²) in [5, 5.41) is 0. The zero-order chi connectivity index (χ0) is 38.0. The molecule has 53 heavy (non-hydrogen) atoms. The van der Waals surface area contributed by atoms with E-state index in [1.54, 1.807) is 81.4 Å². The molecule has 12 nitrogen and oxygen atoms in total. The third-order valence-corrected chi connectivity index (χ3v) is 7.57. The molecule has 0 bridgehead atoms. The van der Waals surface area contributed by atoms with Crippen molar-refractivity contribution in [3.63, 3.8) is 0 Å². The first kappa shape index (κ1) is 40.3. The number of carbonyl (C=O) groups excluding carboxylic acids is 3. The average molecular weight is 731 g/mol. The van der Waals surface area contributed by atoms with E-state index in [9.17, 15) is 14.4 Å². The van der Waals surface area contributed by atoms with Crippen LogP contribution < -0.4 is 14.2 Å². The summed E-state index contributed by atoms with van der Waals surface area (Å²) in [6.45, 7) is 9.27. The van der Waals surface area contributed by atoms with Gasteiger partial charge in [0.2, 0.25) is 0 Å². The lowest BCUT2D eigenvalue weighted by molar-refractivity contribution is -0.0548. The predicted molar refractivity (Wildman–Crippen MR) is 194 cm³/mol. The van der Waals surface area contributed by atoms with Crippen LogP contribution in [0.2, 0.25) is 0 Å². The molecule has 3 unspecified atom stereocenters. The molecule has 0 amide bonds. The van der Waals surface area contributed by atoms with Gasteiger partial charge < -0.3 is 42.6 Å². The van der Waals surface area contributed by atoms with Crippen molar-refractivity contribution >= 4 is 17.9 Å². The Morgan fingerprint density at radius 2 is 0.660 bits per heavy atom. The smallest absolute Gasteiger partial charge is 0.338 e. The largest absolute Gasteiger partial charge is 0.468 e. The summed E-state index contributed by atoms with van der Waals surface area (Å²) in [4.78, 5) is 37.1. The number of rotatable bonds is 21. The first-order valence-electron chi connectivity index (χ1n) is 17.1. The number of ether oxygens (including phenoxy) is 9.